The van der Waals surface area contributed by atoms with E-state index in [0.29, 0.717) is 73.2 Å². The average Bonchev–Trinajstić information content (AvgIpc) is 3.19. The highest BCUT2D eigenvalue weighted by atomic mass is 16.5. The van der Waals surface area contributed by atoms with Crippen LogP contribution in [0.4, 0.5) is 11.4 Å². The zero-order valence-corrected chi connectivity index (χ0v) is 29.3. The summed E-state index contributed by atoms with van der Waals surface area (Å²) in [4.78, 5) is 72.0. The Morgan fingerprint density at radius 2 is 1.15 bits per heavy atom. The van der Waals surface area contributed by atoms with Gasteiger partial charge in [0.15, 0.2) is 0 Å². The summed E-state index contributed by atoms with van der Waals surface area (Å²) < 4.78 is 12.4. The maximum atomic E-state index is 13.6. The van der Waals surface area contributed by atoms with E-state index in [4.69, 9.17) is 9.47 Å². The number of pyridine rings is 1. The molecular formula is C40H40N6O7. The molecule has 53 heavy (non-hydrogen) atoms. The van der Waals surface area contributed by atoms with E-state index in [-0.39, 0.29) is 31.1 Å². The molecule has 0 spiro atoms. The molecule has 0 radical (unpaired) electrons. The van der Waals surface area contributed by atoms with Gasteiger partial charge in [-0.3, -0.25) is 33.4 Å². The monoisotopic (exact) mass is 716 g/mol. The predicted octanol–water partition coefficient (Wildman–Crippen LogP) is 2.03. The molecule has 3 aliphatic heterocycles. The van der Waals surface area contributed by atoms with Gasteiger partial charge in [-0.1, -0.05) is 36.9 Å². The lowest BCUT2D eigenvalue weighted by Crippen LogP contribution is -2.46. The number of nitrogens with one attached hydrogen (secondary N) is 2. The molecule has 13 nitrogen and oxygen atoms in total. The van der Waals surface area contributed by atoms with Gasteiger partial charge in [0.05, 0.1) is 26.4 Å². The number of imide groups is 1. The highest BCUT2D eigenvalue weighted by molar-refractivity contribution is 6.27. The second-order valence-corrected chi connectivity index (χ2v) is 13.5. The van der Waals surface area contributed by atoms with E-state index < -0.39 is 24.3 Å². The Kier molecular flexibility index (Phi) is 9.27. The van der Waals surface area contributed by atoms with Crippen molar-refractivity contribution in [2.75, 3.05) is 82.0 Å². The van der Waals surface area contributed by atoms with Gasteiger partial charge in [-0.25, -0.2) is 0 Å². The number of hydrogen-bond donors (Lipinski definition) is 2. The number of amides is 4. The van der Waals surface area contributed by atoms with Gasteiger partial charge in [-0.05, 0) is 36.8 Å². The molecule has 2 saturated heterocycles. The molecule has 0 bridgehead atoms. The maximum Gasteiger partial charge on any atom is 0.261 e. The Bertz CT molecular complexity index is 2340. The molecule has 1 aromatic heterocycles. The van der Waals surface area contributed by atoms with Gasteiger partial charge in [0.1, 0.15) is 13.1 Å². The molecule has 0 saturated carbocycles. The zero-order chi connectivity index (χ0) is 36.6. The number of ether oxygens (including phenoxy) is 2. The van der Waals surface area contributed by atoms with E-state index in [2.05, 4.69) is 27.0 Å². The van der Waals surface area contributed by atoms with Crippen molar-refractivity contribution in [3.63, 3.8) is 0 Å². The predicted molar refractivity (Wildman–Crippen MR) is 202 cm³/mol. The summed E-state index contributed by atoms with van der Waals surface area (Å²) in [6, 6.07) is 18.7. The standard InChI is InChI=1S/C40H40N6O7/c1-25-26-9-11-32(43-15-19-52-20-16-43)27-5-2-7-29(36(26)27)38(49)45(25)23-34(47)41-13-4-14-42-35(48)24-46-39(50)30-8-3-6-28-33(44-17-21-53-22-18-44)12-10-31(37(28)30)40(46)51/h2-3,5-12H,1,4,13-24H2,(H,41,47)(H,42,48). The Hall–Kier alpha value is -5.79. The van der Waals surface area contributed by atoms with Gasteiger partial charge >= 0.3 is 0 Å². The van der Waals surface area contributed by atoms with Crippen LogP contribution in [0.25, 0.3) is 38.9 Å². The van der Waals surface area contributed by atoms with Crippen molar-refractivity contribution in [1.82, 2.24) is 20.1 Å². The van der Waals surface area contributed by atoms with Gasteiger partial charge in [0, 0.05) is 99.4 Å². The minimum Gasteiger partial charge on any atom is -0.378 e. The van der Waals surface area contributed by atoms with Crippen LogP contribution in [0.3, 0.4) is 0 Å². The van der Waals surface area contributed by atoms with Crippen LogP contribution in [0.15, 0.2) is 65.5 Å². The second kappa shape index (κ2) is 14.3. The molecule has 4 amide bonds. The third kappa shape index (κ3) is 6.25. The van der Waals surface area contributed by atoms with Gasteiger partial charge in [0.25, 0.3) is 17.4 Å². The fraction of sp³-hybridized carbons (Fsp3) is 0.325. The molecule has 5 aromatic rings. The number of morpholine rings is 2. The fourth-order valence-electron chi connectivity index (χ4n) is 7.77. The van der Waals surface area contributed by atoms with Crippen LogP contribution in [-0.2, 0) is 25.6 Å². The molecule has 4 aromatic carbocycles. The van der Waals surface area contributed by atoms with Crippen LogP contribution in [0, 0.1) is 0 Å². The van der Waals surface area contributed by atoms with E-state index in [1.165, 1.54) is 4.57 Å². The Morgan fingerprint density at radius 3 is 1.79 bits per heavy atom. The molecular weight excluding hydrogens is 676 g/mol. The van der Waals surface area contributed by atoms with E-state index in [0.717, 1.165) is 50.9 Å². The smallest absolute Gasteiger partial charge is 0.261 e. The summed E-state index contributed by atoms with van der Waals surface area (Å²) in [5.74, 6) is -1.88. The molecule has 272 valence electrons. The van der Waals surface area contributed by atoms with Crippen LogP contribution >= 0.6 is 0 Å². The number of nitrogens with zero attached hydrogens (tertiary/aromatic N) is 4. The lowest BCUT2D eigenvalue weighted by Gasteiger charge is -2.32. The first kappa shape index (κ1) is 34.3. The highest BCUT2D eigenvalue weighted by Crippen LogP contribution is 2.36. The molecule has 13 heteroatoms. The van der Waals surface area contributed by atoms with Crippen molar-refractivity contribution < 1.29 is 28.7 Å². The number of aromatic nitrogens is 1. The number of carbonyl (C=O) groups is 4. The lowest BCUT2D eigenvalue weighted by atomic mass is 9.92. The number of carbonyl (C=O) groups excluding carboxylic acids is 4. The second-order valence-electron chi connectivity index (χ2n) is 13.5. The fourth-order valence-corrected chi connectivity index (χ4v) is 7.77. The number of hydrogen-bond acceptors (Lipinski definition) is 9. The summed E-state index contributed by atoms with van der Waals surface area (Å²) in [5.41, 5.74) is 2.48. The summed E-state index contributed by atoms with van der Waals surface area (Å²) in [5, 5.41) is 10.6. The summed E-state index contributed by atoms with van der Waals surface area (Å²) in [6.07, 6.45) is 0.396. The van der Waals surface area contributed by atoms with Crippen LogP contribution < -0.4 is 31.3 Å². The van der Waals surface area contributed by atoms with Crippen molar-refractivity contribution >= 4 is 73.9 Å². The first-order chi connectivity index (χ1) is 25.8. The van der Waals surface area contributed by atoms with Crippen molar-refractivity contribution in [3.8, 4) is 0 Å². The van der Waals surface area contributed by atoms with Crippen molar-refractivity contribution in [3.05, 3.63) is 87.5 Å². The number of benzene rings is 4. The van der Waals surface area contributed by atoms with E-state index in [1.54, 1.807) is 24.3 Å². The first-order valence-corrected chi connectivity index (χ1v) is 18.0. The van der Waals surface area contributed by atoms with Crippen LogP contribution in [-0.4, -0.2) is 105 Å². The zero-order valence-electron chi connectivity index (χ0n) is 29.3. The number of anilines is 2. The van der Waals surface area contributed by atoms with E-state index >= 15 is 0 Å². The lowest BCUT2D eigenvalue weighted by molar-refractivity contribution is -0.121. The average molecular weight is 717 g/mol. The van der Waals surface area contributed by atoms with Gasteiger partial charge < -0.3 is 29.9 Å². The molecule has 4 heterocycles. The van der Waals surface area contributed by atoms with E-state index in [1.807, 2.05) is 36.4 Å². The molecule has 0 atom stereocenters. The third-order valence-electron chi connectivity index (χ3n) is 10.4. The quantitative estimate of drug-likeness (QED) is 0.164. The summed E-state index contributed by atoms with van der Waals surface area (Å²) >= 11 is 0. The molecule has 2 fully saturated rings. The molecule has 0 aliphatic carbocycles. The summed E-state index contributed by atoms with van der Waals surface area (Å²) in [6.45, 7) is 9.49. The topological polar surface area (TPSA) is 143 Å². The molecule has 3 aliphatic rings. The van der Waals surface area contributed by atoms with E-state index in [9.17, 15) is 24.0 Å². The van der Waals surface area contributed by atoms with Crippen LogP contribution in [0.1, 0.15) is 27.1 Å². The van der Waals surface area contributed by atoms with Crippen LogP contribution in [0.5, 0.6) is 0 Å². The SMILES string of the molecule is C=c1c2ccc(N3CCOCC3)c3cccc(c(=O)n1CC(=O)NCCCNC(=O)CN1C(=O)c4cccc5c(N6CCOCC6)ccc(c45)C1=O)c32. The Morgan fingerprint density at radius 1 is 0.623 bits per heavy atom. The highest BCUT2D eigenvalue weighted by Gasteiger charge is 2.35. The van der Waals surface area contributed by atoms with Gasteiger partial charge in [-0.2, -0.15) is 0 Å². The normalized spacial score (nSPS) is 16.2. The minimum atomic E-state index is -0.514. The van der Waals surface area contributed by atoms with Crippen molar-refractivity contribution in [1.29, 1.82) is 0 Å². The first-order valence-electron chi connectivity index (χ1n) is 18.0. The minimum absolute atomic E-state index is 0.202. The van der Waals surface area contributed by atoms with Crippen LogP contribution in [0.2, 0.25) is 0 Å². The largest absolute Gasteiger partial charge is 0.378 e. The maximum absolute atomic E-state index is 13.6. The number of rotatable bonds is 10. The van der Waals surface area contributed by atoms with Gasteiger partial charge in [-0.15, -0.1) is 0 Å². The molecule has 2 N–H and O–H groups in total. The molecule has 8 rings (SSSR count). The van der Waals surface area contributed by atoms with Crippen molar-refractivity contribution in [2.24, 2.45) is 0 Å². The van der Waals surface area contributed by atoms with Crippen molar-refractivity contribution in [2.45, 2.75) is 13.0 Å². The molecule has 0 unspecified atom stereocenters. The summed E-state index contributed by atoms with van der Waals surface area (Å²) in [7, 11) is 0. The van der Waals surface area contributed by atoms with Gasteiger partial charge in [0.2, 0.25) is 11.8 Å². The third-order valence-corrected chi connectivity index (χ3v) is 10.4. The Labute approximate surface area is 304 Å². The Balaban J connectivity index is 0.868.